The van der Waals surface area contributed by atoms with E-state index in [1.165, 1.54) is 6.39 Å². The van der Waals surface area contributed by atoms with Crippen LogP contribution in [0, 0.1) is 6.07 Å². The minimum absolute atomic E-state index is 0.561. The molecule has 2 aromatic carbocycles. The summed E-state index contributed by atoms with van der Waals surface area (Å²) < 4.78 is 10.9. The van der Waals surface area contributed by atoms with Crippen molar-refractivity contribution in [3.05, 3.63) is 48.9 Å². The van der Waals surface area contributed by atoms with Gasteiger partial charge in [-0.15, -0.1) is 0 Å². The van der Waals surface area contributed by atoms with Gasteiger partial charge in [0.25, 0.3) is 0 Å². The van der Waals surface area contributed by atoms with Crippen molar-refractivity contribution in [2.75, 3.05) is 0 Å². The van der Waals surface area contributed by atoms with E-state index in [4.69, 9.17) is 8.83 Å². The predicted octanol–water partition coefficient (Wildman–Crippen LogP) is 3.44. The second kappa shape index (κ2) is 3.43. The molecule has 18 heavy (non-hydrogen) atoms. The number of hydrogen-bond donors (Lipinski definition) is 0. The highest BCUT2D eigenvalue weighted by atomic mass is 16.3. The lowest BCUT2D eigenvalue weighted by Crippen LogP contribution is -1.76. The van der Waals surface area contributed by atoms with Crippen molar-refractivity contribution in [1.29, 1.82) is 0 Å². The van der Waals surface area contributed by atoms with E-state index in [1.807, 2.05) is 30.3 Å². The normalized spacial score (nSPS) is 11.3. The summed E-state index contributed by atoms with van der Waals surface area (Å²) in [7, 11) is 0. The summed E-state index contributed by atoms with van der Waals surface area (Å²) >= 11 is 0. The smallest absolute Gasteiger partial charge is 0.227 e. The first-order valence-electron chi connectivity index (χ1n) is 5.51. The molecule has 0 fully saturated rings. The highest BCUT2D eigenvalue weighted by Gasteiger charge is 2.09. The van der Waals surface area contributed by atoms with Gasteiger partial charge in [0.1, 0.15) is 11.0 Å². The summed E-state index contributed by atoms with van der Waals surface area (Å²) in [6.07, 6.45) is 1.42. The van der Waals surface area contributed by atoms with E-state index in [9.17, 15) is 0 Å². The molecule has 0 saturated heterocycles. The first kappa shape index (κ1) is 9.41. The number of hydrogen-bond acceptors (Lipinski definition) is 4. The Balaban J connectivity index is 1.94. The zero-order valence-corrected chi connectivity index (χ0v) is 9.25. The number of nitrogens with zero attached hydrogens (tertiary/aromatic N) is 2. The van der Waals surface area contributed by atoms with Crippen LogP contribution in [0.3, 0.4) is 0 Å². The van der Waals surface area contributed by atoms with Crippen molar-refractivity contribution in [1.82, 2.24) is 9.97 Å². The van der Waals surface area contributed by atoms with Gasteiger partial charge < -0.3 is 8.83 Å². The molecule has 0 N–H and O–H groups in total. The van der Waals surface area contributed by atoms with E-state index >= 15 is 0 Å². The fourth-order valence-electron chi connectivity index (χ4n) is 1.92. The molecular weight excluding hydrogens is 228 g/mol. The molecular formula is C14H7N2O2. The molecule has 4 aromatic rings. The standard InChI is InChI=1S/C14H7N2O2/c1-2-4-12-11(3-1)16-14(18-12)9-5-6-10-13(7-9)17-8-15-10/h1-3,5-8H. The van der Waals surface area contributed by atoms with Crippen LogP contribution < -0.4 is 0 Å². The van der Waals surface area contributed by atoms with E-state index in [0.29, 0.717) is 11.5 Å². The number of aromatic nitrogens is 2. The van der Waals surface area contributed by atoms with E-state index in [1.54, 1.807) is 6.07 Å². The third-order valence-corrected chi connectivity index (χ3v) is 2.80. The van der Waals surface area contributed by atoms with E-state index in [0.717, 1.165) is 22.2 Å². The second-order valence-electron chi connectivity index (χ2n) is 3.94. The van der Waals surface area contributed by atoms with Gasteiger partial charge in [-0.05, 0) is 24.3 Å². The highest BCUT2D eigenvalue weighted by Crippen LogP contribution is 2.26. The number of para-hydroxylation sites is 1. The molecule has 0 saturated carbocycles. The van der Waals surface area contributed by atoms with Crippen molar-refractivity contribution in [3.8, 4) is 11.5 Å². The Morgan fingerprint density at radius 2 is 2.11 bits per heavy atom. The third kappa shape index (κ3) is 1.32. The predicted molar refractivity (Wildman–Crippen MR) is 65.8 cm³/mol. The van der Waals surface area contributed by atoms with Crippen LogP contribution in [0.15, 0.2) is 51.6 Å². The maximum Gasteiger partial charge on any atom is 0.227 e. The molecule has 85 valence electrons. The molecule has 4 rings (SSSR count). The van der Waals surface area contributed by atoms with Gasteiger partial charge in [0.2, 0.25) is 5.89 Å². The first-order chi connectivity index (χ1) is 8.90. The molecule has 2 aromatic heterocycles. The van der Waals surface area contributed by atoms with Gasteiger partial charge in [0, 0.05) is 11.6 Å². The average molecular weight is 235 g/mol. The SMILES string of the molecule is [c]1cccc2nc(-c3ccc4ncoc4c3)oc12. The molecule has 0 amide bonds. The van der Waals surface area contributed by atoms with Crippen molar-refractivity contribution in [2.24, 2.45) is 0 Å². The third-order valence-electron chi connectivity index (χ3n) is 2.80. The molecule has 0 unspecified atom stereocenters. The summed E-state index contributed by atoms with van der Waals surface area (Å²) in [5.74, 6) is 0.561. The van der Waals surface area contributed by atoms with Crippen LogP contribution in [0.5, 0.6) is 0 Å². The van der Waals surface area contributed by atoms with Gasteiger partial charge >= 0.3 is 0 Å². The molecule has 0 spiro atoms. The van der Waals surface area contributed by atoms with Gasteiger partial charge in [-0.2, -0.15) is 0 Å². The van der Waals surface area contributed by atoms with Crippen molar-refractivity contribution >= 4 is 22.2 Å². The summed E-state index contributed by atoms with van der Waals surface area (Å²) in [6, 6.07) is 14.3. The quantitative estimate of drug-likeness (QED) is 0.507. The number of rotatable bonds is 1. The molecule has 4 heteroatoms. The summed E-state index contributed by atoms with van der Waals surface area (Å²) in [5.41, 5.74) is 3.86. The number of fused-ring (bicyclic) bond motifs is 2. The maximum atomic E-state index is 5.65. The zero-order valence-electron chi connectivity index (χ0n) is 9.25. The summed E-state index contributed by atoms with van der Waals surface area (Å²) in [4.78, 5) is 8.49. The summed E-state index contributed by atoms with van der Waals surface area (Å²) in [5, 5.41) is 0. The molecule has 0 atom stereocenters. The van der Waals surface area contributed by atoms with Crippen LogP contribution in [-0.2, 0) is 0 Å². The van der Waals surface area contributed by atoms with Gasteiger partial charge in [-0.1, -0.05) is 12.1 Å². The molecule has 2 heterocycles. The highest BCUT2D eigenvalue weighted by molar-refractivity contribution is 5.80. The van der Waals surface area contributed by atoms with Gasteiger partial charge in [-0.3, -0.25) is 0 Å². The maximum absolute atomic E-state index is 5.65. The lowest BCUT2D eigenvalue weighted by Gasteiger charge is -1.93. The van der Waals surface area contributed by atoms with Crippen LogP contribution in [0.1, 0.15) is 0 Å². The zero-order chi connectivity index (χ0) is 11.9. The Bertz CT molecular complexity index is 812. The minimum Gasteiger partial charge on any atom is -0.443 e. The van der Waals surface area contributed by atoms with Crippen LogP contribution >= 0.6 is 0 Å². The van der Waals surface area contributed by atoms with E-state index < -0.39 is 0 Å². The lowest BCUT2D eigenvalue weighted by molar-refractivity contribution is 0.600. The monoisotopic (exact) mass is 235 g/mol. The number of benzene rings is 2. The summed E-state index contributed by atoms with van der Waals surface area (Å²) in [6.45, 7) is 0. The number of oxazole rings is 2. The fraction of sp³-hybridized carbons (Fsp3) is 0. The molecule has 0 bridgehead atoms. The van der Waals surface area contributed by atoms with E-state index in [2.05, 4.69) is 16.0 Å². The molecule has 1 radical (unpaired) electrons. The van der Waals surface area contributed by atoms with Crippen molar-refractivity contribution in [3.63, 3.8) is 0 Å². The molecule has 0 aliphatic heterocycles. The van der Waals surface area contributed by atoms with Gasteiger partial charge in [-0.25, -0.2) is 9.97 Å². The Hall–Kier alpha value is -2.62. The Morgan fingerprint density at radius 3 is 3.06 bits per heavy atom. The van der Waals surface area contributed by atoms with Crippen molar-refractivity contribution in [2.45, 2.75) is 0 Å². The van der Waals surface area contributed by atoms with Crippen LogP contribution in [0.2, 0.25) is 0 Å². The van der Waals surface area contributed by atoms with E-state index in [-0.39, 0.29) is 0 Å². The topological polar surface area (TPSA) is 52.1 Å². The first-order valence-corrected chi connectivity index (χ1v) is 5.51. The van der Waals surface area contributed by atoms with Crippen LogP contribution in [-0.4, -0.2) is 9.97 Å². The van der Waals surface area contributed by atoms with Crippen LogP contribution in [0.25, 0.3) is 33.7 Å². The fourth-order valence-corrected chi connectivity index (χ4v) is 1.92. The Labute approximate surface area is 102 Å². The Morgan fingerprint density at radius 1 is 1.11 bits per heavy atom. The average Bonchev–Trinajstić information content (AvgIpc) is 3.04. The second-order valence-corrected chi connectivity index (χ2v) is 3.94. The van der Waals surface area contributed by atoms with Gasteiger partial charge in [0.15, 0.2) is 17.6 Å². The molecule has 0 aliphatic carbocycles. The largest absolute Gasteiger partial charge is 0.443 e. The van der Waals surface area contributed by atoms with Crippen molar-refractivity contribution < 1.29 is 8.83 Å². The molecule has 0 aliphatic rings. The van der Waals surface area contributed by atoms with Crippen LogP contribution in [0.4, 0.5) is 0 Å². The van der Waals surface area contributed by atoms with Gasteiger partial charge in [0.05, 0.1) is 0 Å². The lowest BCUT2D eigenvalue weighted by atomic mass is 10.2. The minimum atomic E-state index is 0.561. The molecule has 4 nitrogen and oxygen atoms in total. The Kier molecular flexibility index (Phi) is 1.80.